The average Bonchev–Trinajstić information content (AvgIpc) is 2.88. The quantitative estimate of drug-likeness (QED) is 0.110. The van der Waals surface area contributed by atoms with Crippen molar-refractivity contribution in [2.24, 2.45) is 0 Å². The van der Waals surface area contributed by atoms with Gasteiger partial charge in [0.1, 0.15) is 6.10 Å². The van der Waals surface area contributed by atoms with Crippen LogP contribution in [0, 0.1) is 0 Å². The van der Waals surface area contributed by atoms with E-state index in [0.717, 1.165) is 6.42 Å². The Bertz CT molecular complexity index is 382. The fraction of sp³-hybridized carbons (Fsp3) is 1.00. The second-order valence-electron chi connectivity index (χ2n) is 9.76. The standard InChI is InChI=1S/C29H60O6/c1-4-5-6-7-8-9-10-11-12-13-14-15-16-17-18-19-20-28(31-2)25-35-27-29(32-3)26-34-24-23-33-22-21-30/h28-30H,4-27H2,1-3H3. The van der Waals surface area contributed by atoms with Crippen molar-refractivity contribution in [1.29, 1.82) is 0 Å². The predicted molar refractivity (Wildman–Crippen MR) is 145 cm³/mol. The fourth-order valence-electron chi connectivity index (χ4n) is 4.20. The highest BCUT2D eigenvalue weighted by atomic mass is 16.6. The summed E-state index contributed by atoms with van der Waals surface area (Å²) in [5.41, 5.74) is 0. The molecule has 0 aromatic heterocycles. The van der Waals surface area contributed by atoms with Gasteiger partial charge in [0.2, 0.25) is 0 Å². The van der Waals surface area contributed by atoms with E-state index in [2.05, 4.69) is 6.92 Å². The second-order valence-corrected chi connectivity index (χ2v) is 9.76. The molecule has 0 saturated heterocycles. The highest BCUT2D eigenvalue weighted by molar-refractivity contribution is 4.60. The number of hydrogen-bond donors (Lipinski definition) is 1. The largest absolute Gasteiger partial charge is 0.394 e. The van der Waals surface area contributed by atoms with Crippen molar-refractivity contribution in [2.45, 2.75) is 128 Å². The van der Waals surface area contributed by atoms with Crippen LogP contribution in [0.3, 0.4) is 0 Å². The summed E-state index contributed by atoms with van der Waals surface area (Å²) in [6.45, 7) is 5.18. The maximum absolute atomic E-state index is 8.67. The molecule has 0 saturated carbocycles. The molecule has 2 atom stereocenters. The summed E-state index contributed by atoms with van der Waals surface area (Å²) in [4.78, 5) is 0. The number of rotatable bonds is 30. The summed E-state index contributed by atoms with van der Waals surface area (Å²) in [6, 6.07) is 0. The van der Waals surface area contributed by atoms with Crippen LogP contribution in [0.4, 0.5) is 0 Å². The molecule has 212 valence electrons. The number of aliphatic hydroxyl groups excluding tert-OH is 1. The number of methoxy groups -OCH3 is 2. The summed E-state index contributed by atoms with van der Waals surface area (Å²) in [6.07, 6.45) is 23.3. The minimum absolute atomic E-state index is 0.0364. The molecule has 0 spiro atoms. The Hall–Kier alpha value is -0.240. The van der Waals surface area contributed by atoms with Crippen molar-refractivity contribution < 1.29 is 28.8 Å². The molecule has 0 aromatic carbocycles. The molecule has 0 bridgehead atoms. The van der Waals surface area contributed by atoms with Crippen molar-refractivity contribution in [3.63, 3.8) is 0 Å². The molecule has 1 N–H and O–H groups in total. The topological polar surface area (TPSA) is 66.4 Å². The zero-order valence-corrected chi connectivity index (χ0v) is 23.6. The Morgan fingerprint density at radius 1 is 0.486 bits per heavy atom. The maximum atomic E-state index is 8.67. The van der Waals surface area contributed by atoms with Gasteiger partial charge in [-0.3, -0.25) is 0 Å². The molecular weight excluding hydrogens is 444 g/mol. The molecule has 0 fully saturated rings. The first-order chi connectivity index (χ1) is 17.3. The Labute approximate surface area is 217 Å². The molecule has 2 unspecified atom stereocenters. The lowest BCUT2D eigenvalue weighted by molar-refractivity contribution is -0.0691. The zero-order chi connectivity index (χ0) is 25.7. The third kappa shape index (κ3) is 26.6. The molecule has 6 nitrogen and oxygen atoms in total. The van der Waals surface area contributed by atoms with Gasteiger partial charge in [-0.05, 0) is 6.42 Å². The van der Waals surface area contributed by atoms with Crippen molar-refractivity contribution in [2.75, 3.05) is 60.5 Å². The van der Waals surface area contributed by atoms with Gasteiger partial charge in [-0.1, -0.05) is 110 Å². The lowest BCUT2D eigenvalue weighted by Crippen LogP contribution is -2.28. The third-order valence-corrected chi connectivity index (χ3v) is 6.57. The van der Waals surface area contributed by atoms with Gasteiger partial charge in [-0.15, -0.1) is 0 Å². The number of aliphatic hydroxyl groups is 1. The van der Waals surface area contributed by atoms with E-state index in [1.165, 1.54) is 103 Å². The predicted octanol–water partition coefficient (Wildman–Crippen LogP) is 6.71. The average molecular weight is 505 g/mol. The third-order valence-electron chi connectivity index (χ3n) is 6.57. The highest BCUT2D eigenvalue weighted by Crippen LogP contribution is 2.15. The Morgan fingerprint density at radius 3 is 1.40 bits per heavy atom. The molecule has 0 aromatic rings. The van der Waals surface area contributed by atoms with Crippen molar-refractivity contribution >= 4 is 0 Å². The molecule has 0 heterocycles. The summed E-state index contributed by atoms with van der Waals surface area (Å²) < 4.78 is 27.5. The highest BCUT2D eigenvalue weighted by Gasteiger charge is 2.12. The molecule has 0 aliphatic rings. The van der Waals surface area contributed by atoms with Gasteiger partial charge >= 0.3 is 0 Å². The van der Waals surface area contributed by atoms with E-state index in [1.807, 2.05) is 0 Å². The minimum atomic E-state index is -0.0964. The lowest BCUT2D eigenvalue weighted by atomic mass is 10.0. The number of unbranched alkanes of at least 4 members (excludes halogenated alkanes) is 15. The Balaban J connectivity index is 3.45. The van der Waals surface area contributed by atoms with Gasteiger partial charge < -0.3 is 28.8 Å². The van der Waals surface area contributed by atoms with Crippen molar-refractivity contribution in [3.8, 4) is 0 Å². The minimum Gasteiger partial charge on any atom is -0.394 e. The SMILES string of the molecule is CCCCCCCCCCCCCCCCCCC(COCC(COCCOCCO)OC)OC. The number of ether oxygens (including phenoxy) is 5. The smallest absolute Gasteiger partial charge is 0.104 e. The van der Waals surface area contributed by atoms with E-state index in [0.29, 0.717) is 39.6 Å². The fourth-order valence-corrected chi connectivity index (χ4v) is 4.20. The van der Waals surface area contributed by atoms with Crippen LogP contribution >= 0.6 is 0 Å². The first-order valence-corrected chi connectivity index (χ1v) is 14.7. The lowest BCUT2D eigenvalue weighted by Gasteiger charge is -2.19. The van der Waals surface area contributed by atoms with E-state index in [1.54, 1.807) is 14.2 Å². The van der Waals surface area contributed by atoms with E-state index in [-0.39, 0.29) is 18.8 Å². The van der Waals surface area contributed by atoms with Gasteiger partial charge in [0.15, 0.2) is 0 Å². The van der Waals surface area contributed by atoms with Gasteiger partial charge in [0.05, 0.1) is 52.4 Å². The van der Waals surface area contributed by atoms with Crippen LogP contribution in [0.1, 0.15) is 116 Å². The van der Waals surface area contributed by atoms with Gasteiger partial charge in [0, 0.05) is 14.2 Å². The van der Waals surface area contributed by atoms with Crippen LogP contribution in [0.15, 0.2) is 0 Å². The van der Waals surface area contributed by atoms with E-state index in [9.17, 15) is 0 Å². The van der Waals surface area contributed by atoms with Crippen LogP contribution in [0.5, 0.6) is 0 Å². The normalized spacial score (nSPS) is 13.4. The monoisotopic (exact) mass is 504 g/mol. The van der Waals surface area contributed by atoms with Crippen molar-refractivity contribution in [1.82, 2.24) is 0 Å². The summed E-state index contributed by atoms with van der Waals surface area (Å²) in [7, 11) is 3.44. The molecule has 6 heteroatoms. The van der Waals surface area contributed by atoms with Crippen LogP contribution < -0.4 is 0 Å². The molecule has 0 aliphatic carbocycles. The van der Waals surface area contributed by atoms with Crippen molar-refractivity contribution in [3.05, 3.63) is 0 Å². The molecule has 0 amide bonds. The first kappa shape index (κ1) is 34.8. The van der Waals surface area contributed by atoms with Gasteiger partial charge in [-0.2, -0.15) is 0 Å². The second kappa shape index (κ2) is 30.0. The van der Waals surface area contributed by atoms with Gasteiger partial charge in [-0.25, -0.2) is 0 Å². The molecule has 0 rings (SSSR count). The van der Waals surface area contributed by atoms with E-state index >= 15 is 0 Å². The maximum Gasteiger partial charge on any atom is 0.104 e. The van der Waals surface area contributed by atoms with E-state index in [4.69, 9.17) is 28.8 Å². The molecule has 35 heavy (non-hydrogen) atoms. The molecule has 0 aliphatic heterocycles. The summed E-state index contributed by atoms with van der Waals surface area (Å²) >= 11 is 0. The molecule has 0 radical (unpaired) electrons. The summed E-state index contributed by atoms with van der Waals surface area (Å²) in [5.74, 6) is 0. The summed E-state index contributed by atoms with van der Waals surface area (Å²) in [5, 5.41) is 8.67. The van der Waals surface area contributed by atoms with E-state index < -0.39 is 0 Å². The Kier molecular flexibility index (Phi) is 29.8. The zero-order valence-electron chi connectivity index (χ0n) is 23.6. The number of hydrogen-bond acceptors (Lipinski definition) is 6. The Morgan fingerprint density at radius 2 is 0.914 bits per heavy atom. The molecular formula is C29H60O6. The van der Waals surface area contributed by atoms with Crippen LogP contribution in [-0.4, -0.2) is 77.8 Å². The van der Waals surface area contributed by atoms with Crippen LogP contribution in [0.2, 0.25) is 0 Å². The van der Waals surface area contributed by atoms with Gasteiger partial charge in [0.25, 0.3) is 0 Å². The van der Waals surface area contributed by atoms with Crippen LogP contribution in [-0.2, 0) is 23.7 Å². The van der Waals surface area contributed by atoms with Crippen LogP contribution in [0.25, 0.3) is 0 Å². The first-order valence-electron chi connectivity index (χ1n) is 14.7.